The second kappa shape index (κ2) is 9.14. The second-order valence-corrected chi connectivity index (χ2v) is 9.35. The Balaban J connectivity index is 1.58. The SMILES string of the molecule is CN(C)C(=O)Cc1cccc2ccc(-c3nnc4ccc([C@@H](N5CC[C@H](N)C5)C(F)(F)F)cn34)nc12. The fourth-order valence-electron chi connectivity index (χ4n) is 4.70. The third-order valence-corrected chi connectivity index (χ3v) is 6.55. The first kappa shape index (κ1) is 24.1. The standard InChI is InChI=1S/C25H26F3N7O/c1-33(2)21(36)12-16-5-3-4-15-6-8-19(30-22(15)16)24-32-31-20-9-7-17(13-35(20)24)23(25(26,27)28)34-11-10-18(29)14-34/h3-9,13,18,23H,10-12,14,29H2,1-2H3/t18-,23+/m0/s1. The number of pyridine rings is 2. The number of rotatable bonds is 5. The maximum atomic E-state index is 14.1. The third-order valence-electron chi connectivity index (χ3n) is 6.55. The summed E-state index contributed by atoms with van der Waals surface area (Å²) in [5.41, 5.74) is 8.23. The van der Waals surface area contributed by atoms with E-state index in [2.05, 4.69) is 10.2 Å². The van der Waals surface area contributed by atoms with E-state index >= 15 is 0 Å². The van der Waals surface area contributed by atoms with Gasteiger partial charge in [-0.25, -0.2) is 4.98 Å². The zero-order valence-electron chi connectivity index (χ0n) is 19.9. The molecule has 8 nitrogen and oxygen atoms in total. The minimum Gasteiger partial charge on any atom is -0.349 e. The molecule has 0 saturated carbocycles. The Kier molecular flexibility index (Phi) is 6.13. The van der Waals surface area contributed by atoms with Crippen molar-refractivity contribution in [3.05, 3.63) is 59.8 Å². The van der Waals surface area contributed by atoms with Crippen molar-refractivity contribution in [3.63, 3.8) is 0 Å². The van der Waals surface area contributed by atoms with Gasteiger partial charge in [0.15, 0.2) is 11.5 Å². The van der Waals surface area contributed by atoms with Gasteiger partial charge in [-0.2, -0.15) is 13.2 Å². The number of fused-ring (bicyclic) bond motifs is 2. The fraction of sp³-hybridized carbons (Fsp3) is 0.360. The molecule has 1 aliphatic heterocycles. The van der Waals surface area contributed by atoms with Crippen molar-refractivity contribution in [2.75, 3.05) is 27.2 Å². The highest BCUT2D eigenvalue weighted by atomic mass is 19.4. The van der Waals surface area contributed by atoms with Gasteiger partial charge in [-0.15, -0.1) is 10.2 Å². The Hall–Kier alpha value is -3.57. The Morgan fingerprint density at radius 1 is 1.17 bits per heavy atom. The molecule has 36 heavy (non-hydrogen) atoms. The van der Waals surface area contributed by atoms with Crippen LogP contribution >= 0.6 is 0 Å². The lowest BCUT2D eigenvalue weighted by Crippen LogP contribution is -2.38. The molecule has 2 N–H and O–H groups in total. The quantitative estimate of drug-likeness (QED) is 0.455. The molecule has 1 amide bonds. The van der Waals surface area contributed by atoms with Crippen LogP contribution in [0.5, 0.6) is 0 Å². The summed E-state index contributed by atoms with van der Waals surface area (Å²) in [5, 5.41) is 9.21. The van der Waals surface area contributed by atoms with Crippen molar-refractivity contribution in [1.82, 2.24) is 29.4 Å². The van der Waals surface area contributed by atoms with Crippen LogP contribution in [0.25, 0.3) is 28.1 Å². The summed E-state index contributed by atoms with van der Waals surface area (Å²) in [7, 11) is 3.38. The Labute approximate surface area is 205 Å². The zero-order valence-corrected chi connectivity index (χ0v) is 19.9. The number of benzene rings is 1. The molecule has 3 aromatic heterocycles. The number of nitrogens with zero attached hydrogens (tertiary/aromatic N) is 6. The van der Waals surface area contributed by atoms with Gasteiger partial charge in [-0.1, -0.05) is 30.3 Å². The van der Waals surface area contributed by atoms with E-state index in [1.54, 1.807) is 20.2 Å². The molecule has 0 aliphatic carbocycles. The normalized spacial score (nSPS) is 17.7. The molecule has 1 aliphatic rings. The molecule has 4 aromatic rings. The van der Waals surface area contributed by atoms with Gasteiger partial charge >= 0.3 is 6.18 Å². The maximum absolute atomic E-state index is 14.1. The van der Waals surface area contributed by atoms with Gasteiger partial charge in [0.2, 0.25) is 5.91 Å². The van der Waals surface area contributed by atoms with Crippen LogP contribution in [-0.4, -0.2) is 74.7 Å². The lowest BCUT2D eigenvalue weighted by atomic mass is 10.1. The molecule has 188 valence electrons. The highest BCUT2D eigenvalue weighted by molar-refractivity contribution is 5.88. The van der Waals surface area contributed by atoms with E-state index in [9.17, 15) is 18.0 Å². The number of hydrogen-bond acceptors (Lipinski definition) is 6. The Morgan fingerprint density at radius 3 is 2.67 bits per heavy atom. The summed E-state index contributed by atoms with van der Waals surface area (Å²) in [6.45, 7) is 0.455. The molecule has 4 heterocycles. The largest absolute Gasteiger partial charge is 0.408 e. The number of halogens is 3. The number of alkyl halides is 3. The number of nitrogens with two attached hydrogens (primary N) is 1. The fourth-order valence-corrected chi connectivity index (χ4v) is 4.70. The predicted molar refractivity (Wildman–Crippen MR) is 129 cm³/mol. The zero-order chi connectivity index (χ0) is 25.6. The van der Waals surface area contributed by atoms with Gasteiger partial charge in [0, 0.05) is 44.8 Å². The second-order valence-electron chi connectivity index (χ2n) is 9.35. The monoisotopic (exact) mass is 497 g/mol. The lowest BCUT2D eigenvalue weighted by molar-refractivity contribution is -0.183. The average Bonchev–Trinajstić information content (AvgIpc) is 3.44. The molecule has 0 radical (unpaired) electrons. The molecule has 1 saturated heterocycles. The van der Waals surface area contributed by atoms with Crippen LogP contribution in [0.3, 0.4) is 0 Å². The molecular formula is C25H26F3N7O. The summed E-state index contributed by atoms with van der Waals surface area (Å²) >= 11 is 0. The van der Waals surface area contributed by atoms with Gasteiger partial charge in [0.1, 0.15) is 11.7 Å². The predicted octanol–water partition coefficient (Wildman–Crippen LogP) is 3.21. The summed E-state index contributed by atoms with van der Waals surface area (Å²) in [6, 6.07) is 10.1. The minimum atomic E-state index is -4.47. The molecule has 2 atom stereocenters. The van der Waals surface area contributed by atoms with Crippen molar-refractivity contribution >= 4 is 22.5 Å². The molecule has 1 fully saturated rings. The summed E-state index contributed by atoms with van der Waals surface area (Å²) in [6.07, 6.45) is -2.34. The van der Waals surface area contributed by atoms with Gasteiger partial charge in [-0.3, -0.25) is 14.1 Å². The molecule has 0 spiro atoms. The van der Waals surface area contributed by atoms with E-state index in [0.29, 0.717) is 29.1 Å². The van der Waals surface area contributed by atoms with Gasteiger partial charge < -0.3 is 10.6 Å². The Morgan fingerprint density at radius 2 is 1.97 bits per heavy atom. The number of aromatic nitrogens is 4. The van der Waals surface area contributed by atoms with Gasteiger partial charge in [0.25, 0.3) is 0 Å². The van der Waals surface area contributed by atoms with E-state index in [0.717, 1.165) is 10.9 Å². The molecule has 11 heteroatoms. The smallest absolute Gasteiger partial charge is 0.349 e. The highest BCUT2D eigenvalue weighted by Gasteiger charge is 2.46. The van der Waals surface area contributed by atoms with Crippen molar-refractivity contribution in [2.24, 2.45) is 5.73 Å². The van der Waals surface area contributed by atoms with Crippen LogP contribution in [0.4, 0.5) is 13.2 Å². The topological polar surface area (TPSA) is 92.7 Å². The number of hydrogen-bond donors (Lipinski definition) is 1. The highest BCUT2D eigenvalue weighted by Crippen LogP contribution is 2.39. The van der Waals surface area contributed by atoms with E-state index in [4.69, 9.17) is 10.7 Å². The first-order valence-electron chi connectivity index (χ1n) is 11.6. The van der Waals surface area contributed by atoms with Crippen LogP contribution in [0.2, 0.25) is 0 Å². The Bertz CT molecular complexity index is 1430. The molecular weight excluding hydrogens is 471 g/mol. The first-order valence-corrected chi connectivity index (χ1v) is 11.6. The van der Waals surface area contributed by atoms with Crippen LogP contribution < -0.4 is 5.73 Å². The van der Waals surface area contributed by atoms with Crippen LogP contribution in [0.1, 0.15) is 23.6 Å². The van der Waals surface area contributed by atoms with E-state index in [-0.39, 0.29) is 37.0 Å². The number of likely N-dealkylation sites (tertiary alicyclic amines) is 1. The number of carbonyl (C=O) groups is 1. The molecule has 0 unspecified atom stereocenters. The number of amides is 1. The number of para-hydroxylation sites is 1. The van der Waals surface area contributed by atoms with E-state index < -0.39 is 12.2 Å². The molecule has 0 bridgehead atoms. The summed E-state index contributed by atoms with van der Waals surface area (Å²) in [5.74, 6) is 0.258. The van der Waals surface area contributed by atoms with Crippen LogP contribution in [0, 0.1) is 0 Å². The molecule has 5 rings (SSSR count). The van der Waals surface area contributed by atoms with Crippen molar-refractivity contribution in [2.45, 2.75) is 31.1 Å². The maximum Gasteiger partial charge on any atom is 0.408 e. The summed E-state index contributed by atoms with van der Waals surface area (Å²) < 4.78 is 44.0. The summed E-state index contributed by atoms with van der Waals surface area (Å²) in [4.78, 5) is 20.0. The minimum absolute atomic E-state index is 0.0629. The van der Waals surface area contributed by atoms with Crippen molar-refractivity contribution < 1.29 is 18.0 Å². The van der Waals surface area contributed by atoms with E-state index in [1.807, 2.05) is 24.3 Å². The third kappa shape index (κ3) is 4.51. The number of likely N-dealkylation sites (N-methyl/N-ethyl adjacent to an activating group) is 1. The van der Waals surface area contributed by atoms with E-state index in [1.165, 1.54) is 32.5 Å². The lowest BCUT2D eigenvalue weighted by Gasteiger charge is -2.30. The molecule has 1 aromatic carbocycles. The van der Waals surface area contributed by atoms with Crippen molar-refractivity contribution in [3.8, 4) is 11.5 Å². The van der Waals surface area contributed by atoms with Gasteiger partial charge in [0.05, 0.1) is 11.9 Å². The van der Waals surface area contributed by atoms with Crippen molar-refractivity contribution in [1.29, 1.82) is 0 Å². The number of carbonyl (C=O) groups excluding carboxylic acids is 1. The van der Waals surface area contributed by atoms with Crippen LogP contribution in [0.15, 0.2) is 48.7 Å². The first-order chi connectivity index (χ1) is 17.1. The van der Waals surface area contributed by atoms with Crippen LogP contribution in [-0.2, 0) is 11.2 Å². The van der Waals surface area contributed by atoms with Gasteiger partial charge in [-0.05, 0) is 29.7 Å². The average molecular weight is 498 g/mol.